The summed E-state index contributed by atoms with van der Waals surface area (Å²) in [7, 11) is 0. The minimum absolute atomic E-state index is 0.757. The van der Waals surface area contributed by atoms with E-state index in [1.807, 2.05) is 35.5 Å². The highest BCUT2D eigenvalue weighted by atomic mass is 32.2. The Kier molecular flexibility index (Phi) is 4.30. The largest absolute Gasteiger partial charge is 0.370 e. The number of aryl methyl sites for hydroxylation is 1. The fraction of sp³-hybridized carbons (Fsp3) is 0.333. The lowest BCUT2D eigenvalue weighted by Gasteiger charge is -2.28. The monoisotopic (exact) mass is 339 g/mol. The van der Waals surface area contributed by atoms with Crippen LogP contribution in [0.1, 0.15) is 11.3 Å². The van der Waals surface area contributed by atoms with Crippen LogP contribution in [0.25, 0.3) is 5.52 Å². The van der Waals surface area contributed by atoms with Crippen LogP contribution in [-0.2, 0) is 6.54 Å². The zero-order chi connectivity index (χ0) is 16.4. The second-order valence-electron chi connectivity index (χ2n) is 6.01. The first-order valence-electron chi connectivity index (χ1n) is 8.26. The van der Waals surface area contributed by atoms with Gasteiger partial charge in [0.25, 0.3) is 0 Å². The molecule has 24 heavy (non-hydrogen) atoms. The lowest BCUT2D eigenvalue weighted by atomic mass is 10.2. The molecule has 6 heteroatoms. The van der Waals surface area contributed by atoms with E-state index in [0.717, 1.165) is 36.7 Å². The third-order valence-electron chi connectivity index (χ3n) is 4.28. The van der Waals surface area contributed by atoms with Gasteiger partial charge in [0, 0.05) is 49.2 Å². The lowest BCUT2D eigenvalue weighted by molar-refractivity contribution is 0.858. The molecule has 0 unspecified atom stereocenters. The molecule has 0 spiro atoms. The average molecular weight is 339 g/mol. The number of aromatic nitrogens is 3. The highest BCUT2D eigenvalue weighted by molar-refractivity contribution is 7.99. The van der Waals surface area contributed by atoms with Crippen LogP contribution in [0.15, 0.2) is 42.7 Å². The van der Waals surface area contributed by atoms with Gasteiger partial charge < -0.3 is 10.2 Å². The quantitative estimate of drug-likeness (QED) is 0.791. The Hall–Kier alpha value is -2.21. The molecule has 3 aromatic rings. The highest BCUT2D eigenvalue weighted by Crippen LogP contribution is 2.21. The number of fused-ring (bicyclic) bond motifs is 1. The van der Waals surface area contributed by atoms with Crippen molar-refractivity contribution in [1.82, 2.24) is 14.6 Å². The zero-order valence-electron chi connectivity index (χ0n) is 13.8. The standard InChI is InChI=1S/C18H21N5S/c1-14-12-17-18(19-6-7-23(17)21-14)20-13-15-2-4-16(5-3-15)22-8-10-24-11-9-22/h2-7,12H,8-11,13H2,1H3,(H,19,20). The van der Waals surface area contributed by atoms with Crippen molar-refractivity contribution in [3.8, 4) is 0 Å². The molecule has 1 aliphatic rings. The summed E-state index contributed by atoms with van der Waals surface area (Å²) in [6.45, 7) is 5.05. The molecule has 1 fully saturated rings. The van der Waals surface area contributed by atoms with Gasteiger partial charge in [-0.25, -0.2) is 9.50 Å². The minimum Gasteiger partial charge on any atom is -0.370 e. The second kappa shape index (κ2) is 6.73. The first-order valence-corrected chi connectivity index (χ1v) is 9.41. The Balaban J connectivity index is 1.45. The first-order chi connectivity index (χ1) is 11.8. The molecule has 0 atom stereocenters. The fourth-order valence-corrected chi connectivity index (χ4v) is 3.92. The number of hydrogen-bond donors (Lipinski definition) is 1. The topological polar surface area (TPSA) is 45.5 Å². The van der Waals surface area contributed by atoms with Crippen LogP contribution in [0.4, 0.5) is 11.5 Å². The Morgan fingerprint density at radius 2 is 1.96 bits per heavy atom. The van der Waals surface area contributed by atoms with E-state index >= 15 is 0 Å². The Morgan fingerprint density at radius 3 is 2.75 bits per heavy atom. The third kappa shape index (κ3) is 3.19. The van der Waals surface area contributed by atoms with E-state index in [9.17, 15) is 0 Å². The summed E-state index contributed by atoms with van der Waals surface area (Å²) in [5.74, 6) is 3.32. The Morgan fingerprint density at radius 1 is 1.17 bits per heavy atom. The van der Waals surface area contributed by atoms with Gasteiger partial charge in [-0.2, -0.15) is 16.9 Å². The normalized spacial score (nSPS) is 15.0. The van der Waals surface area contributed by atoms with Crippen molar-refractivity contribution in [2.75, 3.05) is 34.8 Å². The van der Waals surface area contributed by atoms with Gasteiger partial charge in [-0.1, -0.05) is 12.1 Å². The van der Waals surface area contributed by atoms with E-state index in [2.05, 4.69) is 44.6 Å². The first kappa shape index (κ1) is 15.3. The van der Waals surface area contributed by atoms with Crippen molar-refractivity contribution in [3.63, 3.8) is 0 Å². The van der Waals surface area contributed by atoms with Gasteiger partial charge in [0.1, 0.15) is 5.52 Å². The summed E-state index contributed by atoms with van der Waals surface area (Å²) >= 11 is 2.04. The number of anilines is 2. The number of nitrogens with one attached hydrogen (secondary N) is 1. The number of nitrogens with zero attached hydrogens (tertiary/aromatic N) is 4. The summed E-state index contributed by atoms with van der Waals surface area (Å²) in [6.07, 6.45) is 3.65. The van der Waals surface area contributed by atoms with Crippen LogP contribution < -0.4 is 10.2 Å². The molecule has 1 N–H and O–H groups in total. The molecule has 1 aliphatic heterocycles. The highest BCUT2D eigenvalue weighted by Gasteiger charge is 2.11. The van der Waals surface area contributed by atoms with Gasteiger partial charge >= 0.3 is 0 Å². The zero-order valence-corrected chi connectivity index (χ0v) is 14.6. The molecule has 1 aromatic carbocycles. The Bertz CT molecular complexity index is 821. The van der Waals surface area contributed by atoms with Crippen LogP contribution in [0.3, 0.4) is 0 Å². The fourth-order valence-electron chi connectivity index (χ4n) is 3.01. The van der Waals surface area contributed by atoms with Gasteiger partial charge in [-0.3, -0.25) is 0 Å². The minimum atomic E-state index is 0.757. The molecule has 0 saturated carbocycles. The molecule has 0 bridgehead atoms. The maximum atomic E-state index is 4.44. The van der Waals surface area contributed by atoms with Gasteiger partial charge in [0.05, 0.1) is 5.69 Å². The number of benzene rings is 1. The van der Waals surface area contributed by atoms with Crippen LogP contribution in [0, 0.1) is 6.92 Å². The van der Waals surface area contributed by atoms with E-state index in [0.29, 0.717) is 0 Å². The Labute approximate surface area is 146 Å². The summed E-state index contributed by atoms with van der Waals surface area (Å²) in [5.41, 5.74) is 4.59. The van der Waals surface area contributed by atoms with Crippen LogP contribution in [0.5, 0.6) is 0 Å². The van der Waals surface area contributed by atoms with Crippen LogP contribution in [-0.4, -0.2) is 39.2 Å². The second-order valence-corrected chi connectivity index (χ2v) is 7.24. The van der Waals surface area contributed by atoms with Crippen molar-refractivity contribution in [2.45, 2.75) is 13.5 Å². The summed E-state index contributed by atoms with van der Waals surface area (Å²) in [4.78, 5) is 6.91. The van der Waals surface area contributed by atoms with E-state index in [-0.39, 0.29) is 0 Å². The number of rotatable bonds is 4. The van der Waals surface area contributed by atoms with E-state index in [1.54, 1.807) is 6.20 Å². The lowest BCUT2D eigenvalue weighted by Crippen LogP contribution is -2.32. The molecule has 0 aliphatic carbocycles. The summed E-state index contributed by atoms with van der Waals surface area (Å²) in [5, 5.41) is 7.85. The van der Waals surface area contributed by atoms with Gasteiger partial charge in [-0.15, -0.1) is 0 Å². The SMILES string of the molecule is Cc1cc2c(NCc3ccc(N4CCSCC4)cc3)nccn2n1. The van der Waals surface area contributed by atoms with Crippen LogP contribution in [0.2, 0.25) is 0 Å². The molecule has 3 heterocycles. The van der Waals surface area contributed by atoms with E-state index < -0.39 is 0 Å². The number of thioether (sulfide) groups is 1. The predicted octanol–water partition coefficient (Wildman–Crippen LogP) is 3.20. The van der Waals surface area contributed by atoms with Gasteiger partial charge in [0.2, 0.25) is 0 Å². The third-order valence-corrected chi connectivity index (χ3v) is 5.23. The van der Waals surface area contributed by atoms with E-state index in [1.165, 1.54) is 22.8 Å². The molecule has 5 nitrogen and oxygen atoms in total. The predicted molar refractivity (Wildman–Crippen MR) is 101 cm³/mol. The number of hydrogen-bond acceptors (Lipinski definition) is 5. The maximum absolute atomic E-state index is 4.44. The summed E-state index contributed by atoms with van der Waals surface area (Å²) in [6, 6.07) is 10.9. The maximum Gasteiger partial charge on any atom is 0.152 e. The summed E-state index contributed by atoms with van der Waals surface area (Å²) < 4.78 is 1.86. The van der Waals surface area contributed by atoms with Crippen molar-refractivity contribution < 1.29 is 0 Å². The molecular formula is C18H21N5S. The molecule has 2 aromatic heterocycles. The van der Waals surface area contributed by atoms with Gasteiger partial charge in [-0.05, 0) is 30.7 Å². The molecule has 124 valence electrons. The smallest absolute Gasteiger partial charge is 0.152 e. The average Bonchev–Trinajstić information content (AvgIpc) is 3.02. The van der Waals surface area contributed by atoms with Crippen molar-refractivity contribution in [2.24, 2.45) is 0 Å². The molecule has 4 rings (SSSR count). The van der Waals surface area contributed by atoms with Crippen molar-refractivity contribution >= 4 is 28.8 Å². The van der Waals surface area contributed by atoms with Gasteiger partial charge in [0.15, 0.2) is 5.82 Å². The molecule has 0 radical (unpaired) electrons. The molecular weight excluding hydrogens is 318 g/mol. The molecule has 1 saturated heterocycles. The molecule has 0 amide bonds. The van der Waals surface area contributed by atoms with Crippen LogP contribution >= 0.6 is 11.8 Å². The van der Waals surface area contributed by atoms with Crippen molar-refractivity contribution in [1.29, 1.82) is 0 Å². The van der Waals surface area contributed by atoms with Crippen molar-refractivity contribution in [3.05, 3.63) is 54.0 Å². The van der Waals surface area contributed by atoms with E-state index in [4.69, 9.17) is 0 Å².